The van der Waals surface area contributed by atoms with Crippen molar-refractivity contribution >= 4 is 17.4 Å². The number of nitrogens with one attached hydrogen (secondary N) is 1. The number of fused-ring (bicyclic) bond motifs is 1. The van der Waals surface area contributed by atoms with Crippen molar-refractivity contribution in [2.75, 3.05) is 11.9 Å². The average Bonchev–Trinajstić information content (AvgIpc) is 2.91. The number of ether oxygens (including phenoxy) is 1. The fourth-order valence-electron chi connectivity index (χ4n) is 2.42. The average molecular weight is 281 g/mol. The lowest BCUT2D eigenvalue weighted by atomic mass is 10.0. The summed E-state index contributed by atoms with van der Waals surface area (Å²) in [7, 11) is 0. The van der Waals surface area contributed by atoms with Crippen molar-refractivity contribution in [3.63, 3.8) is 0 Å². The molecule has 3 rings (SSSR count). The van der Waals surface area contributed by atoms with Crippen LogP contribution in [0.4, 0.5) is 5.69 Å². The van der Waals surface area contributed by atoms with Gasteiger partial charge in [0.2, 0.25) is 5.91 Å². The van der Waals surface area contributed by atoms with Crippen molar-refractivity contribution in [2.24, 2.45) is 0 Å². The summed E-state index contributed by atoms with van der Waals surface area (Å²) in [5, 5.41) is 2.85. The Bertz CT molecular complexity index is 709. The second kappa shape index (κ2) is 5.40. The van der Waals surface area contributed by atoms with Gasteiger partial charge in [0.25, 0.3) is 0 Å². The molecule has 1 atom stereocenters. The highest BCUT2D eigenvalue weighted by molar-refractivity contribution is 5.99. The number of rotatable bonds is 3. The van der Waals surface area contributed by atoms with Gasteiger partial charge in [-0.15, -0.1) is 0 Å². The van der Waals surface area contributed by atoms with E-state index in [1.54, 1.807) is 24.3 Å². The summed E-state index contributed by atoms with van der Waals surface area (Å²) < 4.78 is 5.52. The molecule has 0 saturated carbocycles. The summed E-state index contributed by atoms with van der Waals surface area (Å²) in [6.45, 7) is 1.85. The van der Waals surface area contributed by atoms with Crippen molar-refractivity contribution in [3.05, 3.63) is 59.7 Å². The fraction of sp³-hybridized carbons (Fsp3) is 0.176. The van der Waals surface area contributed by atoms with Crippen LogP contribution in [0, 0.1) is 0 Å². The van der Waals surface area contributed by atoms with Crippen molar-refractivity contribution in [3.8, 4) is 5.75 Å². The second-order valence-electron chi connectivity index (χ2n) is 5.03. The Hall–Kier alpha value is -2.62. The highest BCUT2D eigenvalue weighted by atomic mass is 16.5. The predicted molar refractivity (Wildman–Crippen MR) is 79.8 cm³/mol. The molecule has 1 heterocycles. The molecule has 2 aromatic carbocycles. The van der Waals surface area contributed by atoms with Gasteiger partial charge in [-0.05, 0) is 25.1 Å². The lowest BCUT2D eigenvalue weighted by molar-refractivity contribution is -0.117. The van der Waals surface area contributed by atoms with Gasteiger partial charge in [0, 0.05) is 16.8 Å². The minimum atomic E-state index is -0.317. The quantitative estimate of drug-likeness (QED) is 0.880. The topological polar surface area (TPSA) is 55.4 Å². The van der Waals surface area contributed by atoms with E-state index in [1.165, 1.54) is 6.92 Å². The van der Waals surface area contributed by atoms with Gasteiger partial charge in [0.15, 0.2) is 5.78 Å². The third-order valence-electron chi connectivity index (χ3n) is 3.55. The summed E-state index contributed by atoms with van der Waals surface area (Å²) in [6, 6.07) is 14.5. The normalized spacial score (nSPS) is 16.0. The van der Waals surface area contributed by atoms with Crippen LogP contribution in [0.25, 0.3) is 0 Å². The van der Waals surface area contributed by atoms with Gasteiger partial charge in [-0.25, -0.2) is 0 Å². The first kappa shape index (κ1) is 13.4. The molecule has 0 radical (unpaired) electrons. The van der Waals surface area contributed by atoms with Crippen LogP contribution in [0.5, 0.6) is 5.75 Å². The van der Waals surface area contributed by atoms with E-state index < -0.39 is 0 Å². The molecule has 1 N–H and O–H groups in total. The van der Waals surface area contributed by atoms with Crippen molar-refractivity contribution < 1.29 is 14.3 Å². The number of Topliss-reactive ketones (excluding diaryl/α,β-unsaturated/α-hetero) is 1. The van der Waals surface area contributed by atoms with Crippen LogP contribution in [0.3, 0.4) is 0 Å². The number of para-hydroxylation sites is 1. The fourth-order valence-corrected chi connectivity index (χ4v) is 2.42. The highest BCUT2D eigenvalue weighted by Gasteiger charge is 2.30. The van der Waals surface area contributed by atoms with E-state index in [0.717, 1.165) is 11.3 Å². The van der Waals surface area contributed by atoms with E-state index in [-0.39, 0.29) is 17.6 Å². The molecule has 0 saturated heterocycles. The largest absolute Gasteiger partial charge is 0.492 e. The van der Waals surface area contributed by atoms with Gasteiger partial charge in [0.1, 0.15) is 18.3 Å². The third kappa shape index (κ3) is 2.65. The molecule has 1 aliphatic heterocycles. The molecule has 1 aliphatic rings. The van der Waals surface area contributed by atoms with Crippen LogP contribution in [-0.2, 0) is 4.79 Å². The molecule has 4 nitrogen and oxygen atoms in total. The van der Waals surface area contributed by atoms with Gasteiger partial charge in [-0.2, -0.15) is 0 Å². The van der Waals surface area contributed by atoms with Crippen molar-refractivity contribution in [1.82, 2.24) is 0 Å². The molecular weight excluding hydrogens is 266 g/mol. The van der Waals surface area contributed by atoms with E-state index in [0.29, 0.717) is 17.9 Å². The smallest absolute Gasteiger partial charge is 0.235 e. The standard InChI is InChI=1S/C17H15NO3/c1-11(19)12-5-4-6-13(9-12)18-17(20)15-10-21-16-8-3-2-7-14(15)16/h2-9,15H,10H2,1H3,(H,18,20). The third-order valence-corrected chi connectivity index (χ3v) is 3.55. The Morgan fingerprint density at radius 1 is 1.14 bits per heavy atom. The molecule has 0 aromatic heterocycles. The molecule has 21 heavy (non-hydrogen) atoms. The van der Waals surface area contributed by atoms with Gasteiger partial charge in [0.05, 0.1) is 0 Å². The summed E-state index contributed by atoms with van der Waals surface area (Å²) in [4.78, 5) is 23.8. The predicted octanol–water partition coefficient (Wildman–Crippen LogP) is 3.00. The zero-order chi connectivity index (χ0) is 14.8. The van der Waals surface area contributed by atoms with E-state index >= 15 is 0 Å². The first-order valence-electron chi connectivity index (χ1n) is 6.79. The maximum absolute atomic E-state index is 12.4. The van der Waals surface area contributed by atoms with Crippen LogP contribution in [0.2, 0.25) is 0 Å². The SMILES string of the molecule is CC(=O)c1cccc(NC(=O)C2COc3ccccc32)c1. The molecule has 1 amide bonds. The number of carbonyl (C=O) groups is 2. The van der Waals surface area contributed by atoms with Crippen LogP contribution >= 0.6 is 0 Å². The van der Waals surface area contributed by atoms with Gasteiger partial charge >= 0.3 is 0 Å². The van der Waals surface area contributed by atoms with E-state index in [2.05, 4.69) is 5.32 Å². The first-order chi connectivity index (χ1) is 10.1. The first-order valence-corrected chi connectivity index (χ1v) is 6.79. The molecule has 1 unspecified atom stereocenters. The molecule has 0 aliphatic carbocycles. The minimum Gasteiger partial charge on any atom is -0.492 e. The van der Waals surface area contributed by atoms with Crippen molar-refractivity contribution in [1.29, 1.82) is 0 Å². The molecular formula is C17H15NO3. The summed E-state index contributed by atoms with van der Waals surface area (Å²) >= 11 is 0. The van der Waals surface area contributed by atoms with Crippen LogP contribution in [0.15, 0.2) is 48.5 Å². The zero-order valence-corrected chi connectivity index (χ0v) is 11.6. The Kier molecular flexibility index (Phi) is 3.44. The van der Waals surface area contributed by atoms with Gasteiger partial charge in [-0.1, -0.05) is 30.3 Å². The number of amides is 1. The van der Waals surface area contributed by atoms with E-state index in [9.17, 15) is 9.59 Å². The molecule has 0 spiro atoms. The number of ketones is 1. The maximum Gasteiger partial charge on any atom is 0.235 e. The van der Waals surface area contributed by atoms with E-state index in [1.807, 2.05) is 24.3 Å². The Morgan fingerprint density at radius 2 is 1.95 bits per heavy atom. The zero-order valence-electron chi connectivity index (χ0n) is 11.6. The van der Waals surface area contributed by atoms with Crippen LogP contribution in [-0.4, -0.2) is 18.3 Å². The second-order valence-corrected chi connectivity index (χ2v) is 5.03. The van der Waals surface area contributed by atoms with Crippen LogP contribution in [0.1, 0.15) is 28.8 Å². The molecule has 0 fully saturated rings. The lowest BCUT2D eigenvalue weighted by Gasteiger charge is -2.10. The number of benzene rings is 2. The summed E-state index contributed by atoms with van der Waals surface area (Å²) in [5.74, 6) is 0.290. The molecule has 2 aromatic rings. The molecule has 4 heteroatoms. The summed E-state index contributed by atoms with van der Waals surface area (Å²) in [6.07, 6.45) is 0. The highest BCUT2D eigenvalue weighted by Crippen LogP contribution is 2.34. The summed E-state index contributed by atoms with van der Waals surface area (Å²) in [5.41, 5.74) is 2.10. The Labute approximate surface area is 122 Å². The van der Waals surface area contributed by atoms with Crippen LogP contribution < -0.4 is 10.1 Å². The molecule has 0 bridgehead atoms. The van der Waals surface area contributed by atoms with Gasteiger partial charge in [-0.3, -0.25) is 9.59 Å². The number of hydrogen-bond donors (Lipinski definition) is 1. The monoisotopic (exact) mass is 281 g/mol. The lowest BCUT2D eigenvalue weighted by Crippen LogP contribution is -2.22. The van der Waals surface area contributed by atoms with E-state index in [4.69, 9.17) is 4.74 Å². The molecule has 106 valence electrons. The maximum atomic E-state index is 12.4. The number of hydrogen-bond acceptors (Lipinski definition) is 3. The number of anilines is 1. The minimum absolute atomic E-state index is 0.0272. The van der Waals surface area contributed by atoms with Gasteiger partial charge < -0.3 is 10.1 Å². The number of carbonyl (C=O) groups excluding carboxylic acids is 2. The van der Waals surface area contributed by atoms with Crippen molar-refractivity contribution in [2.45, 2.75) is 12.8 Å². The Balaban J connectivity index is 1.79. The Morgan fingerprint density at radius 3 is 2.76 bits per heavy atom.